The Balaban J connectivity index is 2.95. The zero-order chi connectivity index (χ0) is 20.2. The van der Waals surface area contributed by atoms with Gasteiger partial charge in [-0.2, -0.15) is 13.2 Å². The van der Waals surface area contributed by atoms with Gasteiger partial charge >= 0.3 is 12.1 Å². The number of anilines is 1. The molecule has 0 aliphatic heterocycles. The molecule has 0 aliphatic rings. The summed E-state index contributed by atoms with van der Waals surface area (Å²) in [6.45, 7) is 2.66. The van der Waals surface area contributed by atoms with Crippen LogP contribution < -0.4 is 5.32 Å². The number of nitro groups is 1. The van der Waals surface area contributed by atoms with E-state index < -0.39 is 46.4 Å². The maximum atomic E-state index is 12.7. The number of benzene rings is 1. The number of hydrogen-bond donors (Lipinski definition) is 1. The molecule has 0 bridgehead atoms. The van der Waals surface area contributed by atoms with E-state index in [2.05, 4.69) is 5.32 Å². The van der Waals surface area contributed by atoms with Crippen molar-refractivity contribution < 1.29 is 32.4 Å². The fourth-order valence-electron chi connectivity index (χ4n) is 1.96. The Morgan fingerprint density at radius 2 is 1.85 bits per heavy atom. The van der Waals surface area contributed by atoms with Crippen LogP contribution in [0.4, 0.5) is 24.5 Å². The predicted molar refractivity (Wildman–Crippen MR) is 85.4 cm³/mol. The monoisotopic (exact) mass is 377 g/mol. The molecule has 0 fully saturated rings. The first-order valence-electron chi connectivity index (χ1n) is 7.38. The molecule has 8 nitrogen and oxygen atoms in total. The Morgan fingerprint density at radius 3 is 2.31 bits per heavy atom. The molecule has 1 rings (SSSR count). The van der Waals surface area contributed by atoms with Gasteiger partial charge in [0, 0.05) is 20.2 Å². The van der Waals surface area contributed by atoms with Crippen molar-refractivity contribution in [3.63, 3.8) is 0 Å². The van der Waals surface area contributed by atoms with E-state index in [-0.39, 0.29) is 5.69 Å². The van der Waals surface area contributed by atoms with Crippen LogP contribution in [-0.2, 0) is 20.5 Å². The Bertz CT molecular complexity index is 706. The molecule has 1 aromatic rings. The number of ether oxygens (including phenoxy) is 1. The van der Waals surface area contributed by atoms with Crippen LogP contribution in [0.5, 0.6) is 0 Å². The number of carbonyl (C=O) groups excluding carboxylic acids is 2. The fraction of sp³-hybridized carbons (Fsp3) is 0.467. The first-order chi connectivity index (χ1) is 11.8. The normalized spacial score (nSPS) is 13.5. The number of alkyl halides is 3. The number of nitrogens with zero attached hydrogens (tertiary/aromatic N) is 2. The van der Waals surface area contributed by atoms with Gasteiger partial charge in [-0.15, -0.1) is 0 Å². The highest BCUT2D eigenvalue weighted by Crippen LogP contribution is 2.35. The summed E-state index contributed by atoms with van der Waals surface area (Å²) in [4.78, 5) is 34.9. The van der Waals surface area contributed by atoms with E-state index in [0.717, 1.165) is 6.07 Å². The van der Waals surface area contributed by atoms with Crippen LogP contribution in [0.3, 0.4) is 0 Å². The van der Waals surface area contributed by atoms with Crippen LogP contribution in [0.25, 0.3) is 0 Å². The largest absolute Gasteiger partial charge is 0.451 e. The van der Waals surface area contributed by atoms with Gasteiger partial charge in [0.2, 0.25) is 0 Å². The van der Waals surface area contributed by atoms with Crippen molar-refractivity contribution in [2.45, 2.75) is 32.2 Å². The van der Waals surface area contributed by atoms with Gasteiger partial charge in [0.15, 0.2) is 6.10 Å². The SMILES string of the molecule is C[C@H](Nc1ccc(C(F)(F)F)cc1[N+](=O)[O-])C(=O)O[C@@H](C)C(=O)N(C)C. The van der Waals surface area contributed by atoms with Crippen molar-refractivity contribution in [1.82, 2.24) is 4.90 Å². The summed E-state index contributed by atoms with van der Waals surface area (Å²) in [5, 5.41) is 13.5. The molecule has 2 atom stereocenters. The number of hydrogen-bond acceptors (Lipinski definition) is 6. The van der Waals surface area contributed by atoms with Crippen LogP contribution >= 0.6 is 0 Å². The number of rotatable bonds is 6. The number of carbonyl (C=O) groups is 2. The summed E-state index contributed by atoms with van der Waals surface area (Å²) in [6, 6.07) is 0.756. The van der Waals surface area contributed by atoms with Gasteiger partial charge < -0.3 is 15.0 Å². The molecule has 1 amide bonds. The van der Waals surface area contributed by atoms with E-state index >= 15 is 0 Å². The third-order valence-corrected chi connectivity index (χ3v) is 3.33. The maximum Gasteiger partial charge on any atom is 0.416 e. The van der Waals surface area contributed by atoms with Crippen molar-refractivity contribution in [1.29, 1.82) is 0 Å². The van der Waals surface area contributed by atoms with Gasteiger partial charge in [0.25, 0.3) is 11.6 Å². The third-order valence-electron chi connectivity index (χ3n) is 3.33. The number of nitro benzene ring substituents is 1. The topological polar surface area (TPSA) is 102 Å². The molecule has 0 saturated carbocycles. The van der Waals surface area contributed by atoms with Crippen LogP contribution in [0, 0.1) is 10.1 Å². The van der Waals surface area contributed by atoms with Crippen molar-refractivity contribution in [2.75, 3.05) is 19.4 Å². The average molecular weight is 377 g/mol. The molecule has 0 saturated heterocycles. The number of likely N-dealkylation sites (N-methyl/N-ethyl adjacent to an activating group) is 1. The molecule has 11 heteroatoms. The summed E-state index contributed by atoms with van der Waals surface area (Å²) in [5.74, 6) is -1.35. The lowest BCUT2D eigenvalue weighted by molar-refractivity contribution is -0.384. The lowest BCUT2D eigenvalue weighted by Crippen LogP contribution is -2.38. The average Bonchev–Trinajstić information content (AvgIpc) is 2.52. The van der Waals surface area contributed by atoms with Crippen molar-refractivity contribution in [3.05, 3.63) is 33.9 Å². The second kappa shape index (κ2) is 8.02. The maximum absolute atomic E-state index is 12.7. The highest BCUT2D eigenvalue weighted by molar-refractivity contribution is 5.86. The van der Waals surface area contributed by atoms with Crippen molar-refractivity contribution >= 4 is 23.3 Å². The first kappa shape index (κ1) is 21.2. The van der Waals surface area contributed by atoms with E-state index in [0.29, 0.717) is 12.1 Å². The summed E-state index contributed by atoms with van der Waals surface area (Å²) in [5.41, 5.74) is -2.30. The molecule has 0 heterocycles. The number of nitrogens with one attached hydrogen (secondary N) is 1. The van der Waals surface area contributed by atoms with E-state index in [1.807, 2.05) is 0 Å². The zero-order valence-corrected chi connectivity index (χ0v) is 14.5. The van der Waals surface area contributed by atoms with Gasteiger partial charge in [-0.25, -0.2) is 4.79 Å². The van der Waals surface area contributed by atoms with Crippen molar-refractivity contribution in [2.24, 2.45) is 0 Å². The minimum absolute atomic E-state index is 0.279. The molecule has 1 N–H and O–H groups in total. The number of esters is 1. The fourth-order valence-corrected chi connectivity index (χ4v) is 1.96. The lowest BCUT2D eigenvalue weighted by Gasteiger charge is -2.20. The summed E-state index contributed by atoms with van der Waals surface area (Å²) in [6.07, 6.45) is -5.82. The molecule has 26 heavy (non-hydrogen) atoms. The predicted octanol–water partition coefficient (Wildman–Crippen LogP) is 2.43. The Labute approximate surface area is 147 Å². The van der Waals surface area contributed by atoms with Gasteiger partial charge in [-0.3, -0.25) is 14.9 Å². The molecular weight excluding hydrogens is 359 g/mol. The van der Waals surface area contributed by atoms with E-state index in [1.54, 1.807) is 0 Å². The number of halogens is 3. The number of amides is 1. The molecule has 0 spiro atoms. The summed E-state index contributed by atoms with van der Waals surface area (Å²) < 4.78 is 43.0. The Hall–Kier alpha value is -2.85. The second-order valence-corrected chi connectivity index (χ2v) is 5.66. The van der Waals surface area contributed by atoms with E-state index in [1.165, 1.54) is 32.8 Å². The van der Waals surface area contributed by atoms with Gasteiger partial charge in [0.1, 0.15) is 11.7 Å². The summed E-state index contributed by atoms with van der Waals surface area (Å²) in [7, 11) is 2.94. The van der Waals surface area contributed by atoms with Crippen molar-refractivity contribution in [3.8, 4) is 0 Å². The van der Waals surface area contributed by atoms with Crippen LogP contribution in [0.1, 0.15) is 19.4 Å². The smallest absolute Gasteiger partial charge is 0.416 e. The highest BCUT2D eigenvalue weighted by Gasteiger charge is 2.33. The zero-order valence-electron chi connectivity index (χ0n) is 14.5. The Morgan fingerprint density at radius 1 is 1.27 bits per heavy atom. The standard InChI is InChI=1S/C15H18F3N3O5/c1-8(14(23)26-9(2)13(22)20(3)4)19-11-6-5-10(15(16,17)18)7-12(11)21(24)25/h5-9,19H,1-4H3/t8-,9-/m0/s1. The first-order valence-corrected chi connectivity index (χ1v) is 7.38. The quantitative estimate of drug-likeness (QED) is 0.464. The molecular formula is C15H18F3N3O5. The molecule has 1 aromatic carbocycles. The second-order valence-electron chi connectivity index (χ2n) is 5.66. The van der Waals surface area contributed by atoms with Crippen LogP contribution in [0.2, 0.25) is 0 Å². The molecule has 0 aliphatic carbocycles. The molecule has 0 unspecified atom stereocenters. The molecule has 144 valence electrons. The Kier molecular flexibility index (Phi) is 6.54. The lowest BCUT2D eigenvalue weighted by atomic mass is 10.1. The minimum atomic E-state index is -4.74. The van der Waals surface area contributed by atoms with Gasteiger partial charge in [-0.1, -0.05) is 0 Å². The van der Waals surface area contributed by atoms with Crippen LogP contribution in [0.15, 0.2) is 18.2 Å². The molecule has 0 aromatic heterocycles. The van der Waals surface area contributed by atoms with E-state index in [9.17, 15) is 32.9 Å². The third kappa shape index (κ3) is 5.33. The minimum Gasteiger partial charge on any atom is -0.451 e. The highest BCUT2D eigenvalue weighted by atomic mass is 19.4. The van der Waals surface area contributed by atoms with Crippen LogP contribution in [-0.4, -0.2) is 47.9 Å². The van der Waals surface area contributed by atoms with Gasteiger partial charge in [-0.05, 0) is 26.0 Å². The molecule has 0 radical (unpaired) electrons. The summed E-state index contributed by atoms with van der Waals surface area (Å²) >= 11 is 0. The van der Waals surface area contributed by atoms with Gasteiger partial charge in [0.05, 0.1) is 10.5 Å². The van der Waals surface area contributed by atoms with E-state index in [4.69, 9.17) is 4.74 Å².